The molecule has 0 aliphatic rings. The van der Waals surface area contributed by atoms with Gasteiger partial charge in [0.15, 0.2) is 11.5 Å². The first-order valence-electron chi connectivity index (χ1n) is 8.65. The highest BCUT2D eigenvalue weighted by molar-refractivity contribution is 5.42. The number of aliphatic hydroxyl groups is 1. The van der Waals surface area contributed by atoms with Gasteiger partial charge in [-0.3, -0.25) is 4.90 Å². The summed E-state index contributed by atoms with van der Waals surface area (Å²) >= 11 is 0. The Morgan fingerprint density at radius 3 is 2.29 bits per heavy atom. The number of methoxy groups -OCH3 is 2. The van der Waals surface area contributed by atoms with Crippen LogP contribution in [0.15, 0.2) is 18.2 Å². The standard InChI is InChI=1S/C19H33NO4/c1-7-15(4)20(12-17(21)13-24-14(2)3)11-16-8-9-18(22-5)19(10-16)23-6/h8-10,14-15,17,21H,7,11-13H2,1-6H3/t15-,17-/m0/s1. The molecule has 0 aromatic heterocycles. The summed E-state index contributed by atoms with van der Waals surface area (Å²) in [7, 11) is 3.27. The van der Waals surface area contributed by atoms with E-state index in [4.69, 9.17) is 14.2 Å². The molecule has 138 valence electrons. The lowest BCUT2D eigenvalue weighted by molar-refractivity contribution is -0.0149. The average Bonchev–Trinajstić information content (AvgIpc) is 2.58. The van der Waals surface area contributed by atoms with Crippen LogP contribution in [0.5, 0.6) is 11.5 Å². The van der Waals surface area contributed by atoms with Crippen molar-refractivity contribution < 1.29 is 19.3 Å². The molecule has 0 amide bonds. The minimum atomic E-state index is -0.499. The van der Waals surface area contributed by atoms with Crippen LogP contribution in [0.3, 0.4) is 0 Å². The van der Waals surface area contributed by atoms with Gasteiger partial charge in [-0.1, -0.05) is 13.0 Å². The molecule has 0 heterocycles. The summed E-state index contributed by atoms with van der Waals surface area (Å²) in [5.74, 6) is 1.45. The van der Waals surface area contributed by atoms with Gasteiger partial charge in [0.1, 0.15) is 0 Å². The molecular weight excluding hydrogens is 306 g/mol. The first kappa shape index (κ1) is 20.7. The fraction of sp³-hybridized carbons (Fsp3) is 0.684. The highest BCUT2D eigenvalue weighted by Gasteiger charge is 2.18. The van der Waals surface area contributed by atoms with Gasteiger partial charge in [-0.2, -0.15) is 0 Å². The summed E-state index contributed by atoms with van der Waals surface area (Å²) < 4.78 is 16.2. The lowest BCUT2D eigenvalue weighted by atomic mass is 10.1. The Morgan fingerprint density at radius 2 is 1.75 bits per heavy atom. The second-order valence-electron chi connectivity index (χ2n) is 6.41. The number of hydrogen-bond acceptors (Lipinski definition) is 5. The van der Waals surface area contributed by atoms with E-state index in [-0.39, 0.29) is 6.10 Å². The van der Waals surface area contributed by atoms with Crippen LogP contribution in [0.4, 0.5) is 0 Å². The lowest BCUT2D eigenvalue weighted by Gasteiger charge is -2.30. The van der Waals surface area contributed by atoms with Gasteiger partial charge in [0.2, 0.25) is 0 Å². The Bertz CT molecular complexity index is 478. The second-order valence-corrected chi connectivity index (χ2v) is 6.41. The van der Waals surface area contributed by atoms with Crippen LogP contribution >= 0.6 is 0 Å². The third-order valence-electron chi connectivity index (χ3n) is 4.11. The molecule has 1 aromatic carbocycles. The Hall–Kier alpha value is -1.30. The third kappa shape index (κ3) is 6.67. The maximum Gasteiger partial charge on any atom is 0.161 e. The summed E-state index contributed by atoms with van der Waals surface area (Å²) in [5, 5.41) is 10.3. The molecule has 0 spiro atoms. The summed E-state index contributed by atoms with van der Waals surface area (Å²) in [4.78, 5) is 2.27. The van der Waals surface area contributed by atoms with Gasteiger partial charge in [0.05, 0.1) is 33.0 Å². The number of benzene rings is 1. The molecule has 5 heteroatoms. The molecule has 0 aliphatic carbocycles. The molecule has 0 fully saturated rings. The topological polar surface area (TPSA) is 51.2 Å². The predicted molar refractivity (Wildman–Crippen MR) is 96.8 cm³/mol. The Labute approximate surface area is 146 Å². The smallest absolute Gasteiger partial charge is 0.161 e. The van der Waals surface area contributed by atoms with Gasteiger partial charge in [0, 0.05) is 19.1 Å². The molecule has 0 saturated carbocycles. The number of rotatable bonds is 11. The van der Waals surface area contributed by atoms with Crippen molar-refractivity contribution in [1.29, 1.82) is 0 Å². The number of aliphatic hydroxyl groups excluding tert-OH is 1. The molecule has 0 saturated heterocycles. The van der Waals surface area contributed by atoms with Crippen molar-refractivity contribution >= 4 is 0 Å². The molecule has 5 nitrogen and oxygen atoms in total. The van der Waals surface area contributed by atoms with Crippen LogP contribution in [0.1, 0.15) is 39.7 Å². The largest absolute Gasteiger partial charge is 0.493 e. The molecule has 2 atom stereocenters. The normalized spacial score (nSPS) is 14.0. The molecule has 1 rings (SSSR count). The molecule has 24 heavy (non-hydrogen) atoms. The fourth-order valence-electron chi connectivity index (χ4n) is 2.50. The number of hydrogen-bond donors (Lipinski definition) is 1. The molecule has 1 aromatic rings. The summed E-state index contributed by atoms with van der Waals surface area (Å²) in [6, 6.07) is 6.31. The van der Waals surface area contributed by atoms with Gasteiger partial charge >= 0.3 is 0 Å². The van der Waals surface area contributed by atoms with E-state index < -0.39 is 6.10 Å². The van der Waals surface area contributed by atoms with Crippen molar-refractivity contribution in [2.24, 2.45) is 0 Å². The van der Waals surface area contributed by atoms with Crippen LogP contribution in [0.25, 0.3) is 0 Å². The summed E-state index contributed by atoms with van der Waals surface area (Å²) in [6.45, 7) is 9.96. The maximum atomic E-state index is 10.3. The molecule has 0 bridgehead atoms. The zero-order chi connectivity index (χ0) is 18.1. The van der Waals surface area contributed by atoms with Crippen molar-refractivity contribution in [1.82, 2.24) is 4.90 Å². The van der Waals surface area contributed by atoms with E-state index >= 15 is 0 Å². The molecule has 0 radical (unpaired) electrons. The van der Waals surface area contributed by atoms with E-state index in [1.807, 2.05) is 32.0 Å². The monoisotopic (exact) mass is 339 g/mol. The van der Waals surface area contributed by atoms with Gasteiger partial charge in [0.25, 0.3) is 0 Å². The maximum absolute atomic E-state index is 10.3. The Morgan fingerprint density at radius 1 is 1.08 bits per heavy atom. The van der Waals surface area contributed by atoms with Crippen molar-refractivity contribution in [3.8, 4) is 11.5 Å². The van der Waals surface area contributed by atoms with Gasteiger partial charge in [-0.05, 0) is 44.9 Å². The van der Waals surface area contributed by atoms with E-state index in [9.17, 15) is 5.11 Å². The fourth-order valence-corrected chi connectivity index (χ4v) is 2.50. The van der Waals surface area contributed by atoms with Crippen LogP contribution in [0, 0.1) is 0 Å². The van der Waals surface area contributed by atoms with E-state index in [1.54, 1.807) is 14.2 Å². The first-order valence-corrected chi connectivity index (χ1v) is 8.65. The summed E-state index contributed by atoms with van der Waals surface area (Å²) in [6.07, 6.45) is 0.648. The SMILES string of the molecule is CC[C@H](C)N(Cc1ccc(OC)c(OC)c1)C[C@H](O)COC(C)C. The van der Waals surface area contributed by atoms with E-state index in [2.05, 4.69) is 18.7 Å². The summed E-state index contributed by atoms with van der Waals surface area (Å²) in [5.41, 5.74) is 1.13. The second kappa shape index (κ2) is 10.5. The van der Waals surface area contributed by atoms with E-state index in [1.165, 1.54) is 0 Å². The van der Waals surface area contributed by atoms with Crippen LogP contribution in [-0.2, 0) is 11.3 Å². The van der Waals surface area contributed by atoms with Gasteiger partial charge in [-0.25, -0.2) is 0 Å². The van der Waals surface area contributed by atoms with Crippen molar-refractivity contribution in [3.63, 3.8) is 0 Å². The van der Waals surface area contributed by atoms with Gasteiger partial charge < -0.3 is 19.3 Å². The number of nitrogens with zero attached hydrogens (tertiary/aromatic N) is 1. The van der Waals surface area contributed by atoms with Crippen molar-refractivity contribution in [2.75, 3.05) is 27.4 Å². The van der Waals surface area contributed by atoms with E-state index in [0.717, 1.165) is 30.0 Å². The van der Waals surface area contributed by atoms with Crippen molar-refractivity contribution in [3.05, 3.63) is 23.8 Å². The third-order valence-corrected chi connectivity index (χ3v) is 4.11. The highest BCUT2D eigenvalue weighted by atomic mass is 16.5. The Balaban J connectivity index is 2.79. The zero-order valence-electron chi connectivity index (χ0n) is 15.9. The van der Waals surface area contributed by atoms with Crippen LogP contribution in [0.2, 0.25) is 0 Å². The molecule has 0 aliphatic heterocycles. The lowest BCUT2D eigenvalue weighted by Crippen LogP contribution is -2.40. The van der Waals surface area contributed by atoms with Crippen LogP contribution < -0.4 is 9.47 Å². The van der Waals surface area contributed by atoms with Gasteiger partial charge in [-0.15, -0.1) is 0 Å². The first-order chi connectivity index (χ1) is 11.4. The zero-order valence-corrected chi connectivity index (χ0v) is 15.9. The van der Waals surface area contributed by atoms with Crippen LogP contribution in [-0.4, -0.2) is 55.6 Å². The van der Waals surface area contributed by atoms with E-state index in [0.29, 0.717) is 19.2 Å². The minimum absolute atomic E-state index is 0.127. The quantitative estimate of drug-likeness (QED) is 0.671. The number of ether oxygens (including phenoxy) is 3. The average molecular weight is 339 g/mol. The molecule has 0 unspecified atom stereocenters. The predicted octanol–water partition coefficient (Wildman–Crippen LogP) is 3.09. The highest BCUT2D eigenvalue weighted by Crippen LogP contribution is 2.28. The molecule has 1 N–H and O–H groups in total. The van der Waals surface area contributed by atoms with Crippen molar-refractivity contribution in [2.45, 2.75) is 58.9 Å². The minimum Gasteiger partial charge on any atom is -0.493 e. The molecular formula is C19H33NO4. The Kier molecular flexibility index (Phi) is 9.11.